The second-order valence-corrected chi connectivity index (χ2v) is 5.52. The van der Waals surface area contributed by atoms with Crippen molar-refractivity contribution < 1.29 is 8.78 Å². The first-order valence-electron chi connectivity index (χ1n) is 6.79. The second-order valence-electron chi connectivity index (χ2n) is 4.71. The van der Waals surface area contributed by atoms with E-state index in [4.69, 9.17) is 23.2 Å². The minimum Gasteiger partial charge on any atom is -0.338 e. The van der Waals surface area contributed by atoms with E-state index in [1.165, 1.54) is 12.3 Å². The summed E-state index contributed by atoms with van der Waals surface area (Å²) >= 11 is 12.2. The Morgan fingerprint density at radius 1 is 0.792 bits per heavy atom. The molecular weight excluding hydrogens is 357 g/mol. The summed E-state index contributed by atoms with van der Waals surface area (Å²) in [5.41, 5.74) is 0.146. The van der Waals surface area contributed by atoms with Gasteiger partial charge in [0.15, 0.2) is 0 Å². The zero-order valence-electron chi connectivity index (χ0n) is 12.0. The molecule has 0 saturated heterocycles. The van der Waals surface area contributed by atoms with Gasteiger partial charge in [-0.15, -0.1) is 0 Å². The third-order valence-corrected chi connectivity index (χ3v) is 3.70. The van der Waals surface area contributed by atoms with E-state index in [2.05, 4.69) is 20.6 Å². The zero-order chi connectivity index (χ0) is 17.1. The number of hydrogen-bond donors (Lipinski definition) is 2. The lowest BCUT2D eigenvalue weighted by Gasteiger charge is -2.11. The van der Waals surface area contributed by atoms with Gasteiger partial charge in [-0.3, -0.25) is 0 Å². The van der Waals surface area contributed by atoms with Crippen LogP contribution < -0.4 is 10.6 Å². The van der Waals surface area contributed by atoms with Crippen molar-refractivity contribution in [2.45, 2.75) is 0 Å². The maximum Gasteiger partial charge on any atom is 0.229 e. The molecule has 0 unspecified atom stereocenters. The molecule has 0 bridgehead atoms. The van der Waals surface area contributed by atoms with E-state index in [-0.39, 0.29) is 11.6 Å². The van der Waals surface area contributed by atoms with Crippen molar-refractivity contribution in [1.29, 1.82) is 0 Å². The fraction of sp³-hybridized carbons (Fsp3) is 0. The molecule has 0 fully saturated rings. The van der Waals surface area contributed by atoms with Gasteiger partial charge in [0.1, 0.15) is 23.1 Å². The minimum atomic E-state index is -0.744. The predicted octanol–water partition coefficient (Wildman–Crippen LogP) is 5.55. The summed E-state index contributed by atoms with van der Waals surface area (Å²) in [6, 6.07) is 10.2. The highest BCUT2D eigenvalue weighted by atomic mass is 35.5. The Morgan fingerprint density at radius 2 is 1.42 bits per heavy atom. The highest BCUT2D eigenvalue weighted by Crippen LogP contribution is 2.32. The largest absolute Gasteiger partial charge is 0.338 e. The van der Waals surface area contributed by atoms with Crippen molar-refractivity contribution in [3.63, 3.8) is 0 Å². The van der Waals surface area contributed by atoms with Crippen molar-refractivity contribution in [2.24, 2.45) is 0 Å². The summed E-state index contributed by atoms with van der Waals surface area (Å²) in [6.07, 6.45) is 1.43. The maximum absolute atomic E-state index is 13.7. The van der Waals surface area contributed by atoms with Gasteiger partial charge in [-0.1, -0.05) is 35.3 Å². The summed E-state index contributed by atoms with van der Waals surface area (Å²) in [4.78, 5) is 8.09. The van der Waals surface area contributed by atoms with E-state index in [0.717, 1.165) is 12.1 Å². The zero-order valence-corrected chi connectivity index (χ0v) is 13.5. The summed E-state index contributed by atoms with van der Waals surface area (Å²) in [5, 5.41) is 6.30. The second kappa shape index (κ2) is 6.98. The molecule has 122 valence electrons. The van der Waals surface area contributed by atoms with Crippen LogP contribution in [0.4, 0.5) is 31.9 Å². The van der Waals surface area contributed by atoms with Crippen molar-refractivity contribution in [3.05, 3.63) is 70.3 Å². The van der Waals surface area contributed by atoms with Crippen LogP contribution in [0, 0.1) is 11.6 Å². The smallest absolute Gasteiger partial charge is 0.229 e. The molecule has 0 saturated carbocycles. The lowest BCUT2D eigenvalue weighted by Crippen LogP contribution is -2.03. The van der Waals surface area contributed by atoms with Crippen LogP contribution in [-0.4, -0.2) is 9.97 Å². The Hall–Kier alpha value is -2.44. The normalized spacial score (nSPS) is 10.5. The number of halogens is 4. The number of para-hydroxylation sites is 2. The van der Waals surface area contributed by atoms with Gasteiger partial charge < -0.3 is 10.6 Å². The molecule has 8 heteroatoms. The highest BCUT2D eigenvalue weighted by Gasteiger charge is 2.11. The van der Waals surface area contributed by atoms with E-state index in [9.17, 15) is 8.78 Å². The molecule has 3 rings (SSSR count). The first kappa shape index (κ1) is 16.4. The lowest BCUT2D eigenvalue weighted by atomic mass is 10.3. The molecule has 2 aromatic carbocycles. The van der Waals surface area contributed by atoms with Crippen LogP contribution in [0.15, 0.2) is 48.7 Å². The average molecular weight is 367 g/mol. The van der Waals surface area contributed by atoms with Gasteiger partial charge in [-0.2, -0.15) is 4.98 Å². The van der Waals surface area contributed by atoms with Gasteiger partial charge >= 0.3 is 0 Å². The van der Waals surface area contributed by atoms with Crippen molar-refractivity contribution in [1.82, 2.24) is 9.97 Å². The Balaban J connectivity index is 1.87. The molecule has 0 radical (unpaired) electrons. The standard InChI is InChI=1S/C16H10Cl2F2N4/c17-9-3-1-4-10(18)14(9)22-13-7-8-21-16(23-13)24-15-11(19)5-2-6-12(15)20/h1-8H,(H2,21,22,23,24). The van der Waals surface area contributed by atoms with Gasteiger partial charge in [-0.05, 0) is 30.3 Å². The molecule has 0 amide bonds. The third kappa shape index (κ3) is 3.55. The van der Waals surface area contributed by atoms with Crippen LogP contribution >= 0.6 is 23.2 Å². The molecule has 0 atom stereocenters. The molecule has 24 heavy (non-hydrogen) atoms. The number of anilines is 4. The van der Waals surface area contributed by atoms with Crippen molar-refractivity contribution >= 4 is 46.3 Å². The Bertz CT molecular complexity index is 780. The molecule has 0 aliphatic carbocycles. The Kier molecular flexibility index (Phi) is 4.78. The van der Waals surface area contributed by atoms with Gasteiger partial charge in [0, 0.05) is 6.20 Å². The Labute approximate surface area is 146 Å². The van der Waals surface area contributed by atoms with E-state index in [0.29, 0.717) is 21.6 Å². The number of nitrogens with zero attached hydrogens (tertiary/aromatic N) is 2. The van der Waals surface area contributed by atoms with Crippen LogP contribution in [0.3, 0.4) is 0 Å². The van der Waals surface area contributed by atoms with E-state index >= 15 is 0 Å². The summed E-state index contributed by atoms with van der Waals surface area (Å²) in [6.45, 7) is 0. The fourth-order valence-electron chi connectivity index (χ4n) is 1.96. The van der Waals surface area contributed by atoms with Crippen LogP contribution in [-0.2, 0) is 0 Å². The van der Waals surface area contributed by atoms with Gasteiger partial charge in [0.2, 0.25) is 5.95 Å². The number of benzene rings is 2. The van der Waals surface area contributed by atoms with E-state index < -0.39 is 11.6 Å². The quantitative estimate of drug-likeness (QED) is 0.635. The predicted molar refractivity (Wildman–Crippen MR) is 91.4 cm³/mol. The first-order chi connectivity index (χ1) is 11.5. The molecule has 0 aliphatic rings. The first-order valence-corrected chi connectivity index (χ1v) is 7.55. The number of hydrogen-bond acceptors (Lipinski definition) is 4. The fourth-order valence-corrected chi connectivity index (χ4v) is 2.45. The van der Waals surface area contributed by atoms with Gasteiger partial charge in [0.05, 0.1) is 15.7 Å². The summed E-state index contributed by atoms with van der Waals surface area (Å²) in [7, 11) is 0. The molecule has 1 aromatic heterocycles. The van der Waals surface area contributed by atoms with Crippen molar-refractivity contribution in [3.8, 4) is 0 Å². The van der Waals surface area contributed by atoms with Gasteiger partial charge in [0.25, 0.3) is 0 Å². The SMILES string of the molecule is Fc1cccc(F)c1Nc1nccc(Nc2c(Cl)cccc2Cl)n1. The van der Waals surface area contributed by atoms with Crippen molar-refractivity contribution in [2.75, 3.05) is 10.6 Å². The molecular formula is C16H10Cl2F2N4. The molecule has 2 N–H and O–H groups in total. The minimum absolute atomic E-state index is 0.0205. The summed E-state index contributed by atoms with van der Waals surface area (Å²) in [5.74, 6) is -1.11. The molecule has 4 nitrogen and oxygen atoms in total. The van der Waals surface area contributed by atoms with E-state index in [1.807, 2.05) is 0 Å². The van der Waals surface area contributed by atoms with Gasteiger partial charge in [-0.25, -0.2) is 13.8 Å². The maximum atomic E-state index is 13.7. The Morgan fingerprint density at radius 3 is 2.08 bits per heavy atom. The topological polar surface area (TPSA) is 49.8 Å². The highest BCUT2D eigenvalue weighted by molar-refractivity contribution is 6.39. The summed E-state index contributed by atoms with van der Waals surface area (Å²) < 4.78 is 27.4. The van der Waals surface area contributed by atoms with Crippen LogP contribution in [0.1, 0.15) is 0 Å². The average Bonchev–Trinajstić information content (AvgIpc) is 2.55. The van der Waals surface area contributed by atoms with Crippen LogP contribution in [0.25, 0.3) is 0 Å². The van der Waals surface area contributed by atoms with Crippen LogP contribution in [0.5, 0.6) is 0 Å². The third-order valence-electron chi connectivity index (χ3n) is 3.07. The van der Waals surface area contributed by atoms with Crippen LogP contribution in [0.2, 0.25) is 10.0 Å². The lowest BCUT2D eigenvalue weighted by molar-refractivity contribution is 0.590. The number of nitrogens with one attached hydrogen (secondary N) is 2. The monoisotopic (exact) mass is 366 g/mol. The molecule has 0 spiro atoms. The number of rotatable bonds is 4. The number of aromatic nitrogens is 2. The molecule has 3 aromatic rings. The molecule has 0 aliphatic heterocycles. The van der Waals surface area contributed by atoms with E-state index in [1.54, 1.807) is 24.3 Å². The molecule has 1 heterocycles.